The standard InChI is InChI=1S/C15H21NO4S/c1-4-6-11-8-13(21-10(11)3)14(17)16-12(15(18)19)9-20-7-5-2/h5,8,12H,2,4,6-7,9H2,1,3H3,(H,16,17)(H,18,19). The molecule has 6 heteroatoms. The topological polar surface area (TPSA) is 75.6 Å². The van der Waals surface area contributed by atoms with Crippen LogP contribution in [0.25, 0.3) is 0 Å². The molecule has 0 aliphatic rings. The van der Waals surface area contributed by atoms with Crippen molar-refractivity contribution >= 4 is 23.2 Å². The molecule has 1 rings (SSSR count). The van der Waals surface area contributed by atoms with Crippen molar-refractivity contribution in [3.63, 3.8) is 0 Å². The Hall–Kier alpha value is -1.66. The van der Waals surface area contributed by atoms with Gasteiger partial charge in [0.15, 0.2) is 6.04 Å². The highest BCUT2D eigenvalue weighted by molar-refractivity contribution is 7.14. The molecule has 0 saturated carbocycles. The molecule has 0 fully saturated rings. The number of carbonyl (C=O) groups is 2. The molecule has 0 radical (unpaired) electrons. The lowest BCUT2D eigenvalue weighted by Gasteiger charge is -2.13. The second-order valence-electron chi connectivity index (χ2n) is 4.63. The number of rotatable bonds is 9. The van der Waals surface area contributed by atoms with Crippen molar-refractivity contribution in [2.24, 2.45) is 0 Å². The molecule has 2 N–H and O–H groups in total. The molecule has 0 aliphatic carbocycles. The monoisotopic (exact) mass is 311 g/mol. The SMILES string of the molecule is C=CCOCC(NC(=O)c1cc(CCC)c(C)s1)C(=O)O. The van der Waals surface area contributed by atoms with Crippen LogP contribution in [0.4, 0.5) is 0 Å². The van der Waals surface area contributed by atoms with Gasteiger partial charge in [-0.25, -0.2) is 4.79 Å². The fourth-order valence-corrected chi connectivity index (χ4v) is 2.80. The number of carboxylic acid groups (broad SMARTS) is 1. The highest BCUT2D eigenvalue weighted by Gasteiger charge is 2.22. The summed E-state index contributed by atoms with van der Waals surface area (Å²) < 4.78 is 5.10. The third kappa shape index (κ3) is 5.32. The van der Waals surface area contributed by atoms with Crippen LogP contribution in [0.5, 0.6) is 0 Å². The van der Waals surface area contributed by atoms with Crippen LogP contribution in [0.2, 0.25) is 0 Å². The van der Waals surface area contributed by atoms with Gasteiger partial charge in [0.05, 0.1) is 18.1 Å². The molecule has 0 saturated heterocycles. The first-order valence-corrected chi connectivity index (χ1v) is 7.62. The molecule has 1 aromatic heterocycles. The maximum atomic E-state index is 12.1. The Morgan fingerprint density at radius 3 is 2.86 bits per heavy atom. The van der Waals surface area contributed by atoms with Gasteiger partial charge in [0, 0.05) is 4.88 Å². The Morgan fingerprint density at radius 2 is 2.29 bits per heavy atom. The van der Waals surface area contributed by atoms with Crippen LogP contribution in [-0.4, -0.2) is 36.2 Å². The molecule has 1 unspecified atom stereocenters. The van der Waals surface area contributed by atoms with E-state index in [2.05, 4.69) is 18.8 Å². The lowest BCUT2D eigenvalue weighted by molar-refractivity contribution is -0.140. The third-order valence-electron chi connectivity index (χ3n) is 2.89. The summed E-state index contributed by atoms with van der Waals surface area (Å²) in [6, 6.07) is 0.775. The van der Waals surface area contributed by atoms with Gasteiger partial charge in [-0.15, -0.1) is 17.9 Å². The molecular weight excluding hydrogens is 290 g/mol. The van der Waals surface area contributed by atoms with Crippen molar-refractivity contribution in [2.75, 3.05) is 13.2 Å². The summed E-state index contributed by atoms with van der Waals surface area (Å²) in [7, 11) is 0. The number of hydrogen-bond acceptors (Lipinski definition) is 4. The normalized spacial score (nSPS) is 11.9. The Bertz CT molecular complexity index is 510. The maximum Gasteiger partial charge on any atom is 0.328 e. The third-order valence-corrected chi connectivity index (χ3v) is 3.98. The van der Waals surface area contributed by atoms with Gasteiger partial charge in [-0.3, -0.25) is 4.79 Å². The summed E-state index contributed by atoms with van der Waals surface area (Å²) in [5, 5.41) is 11.6. The van der Waals surface area contributed by atoms with Gasteiger partial charge < -0.3 is 15.2 Å². The Balaban J connectivity index is 2.70. The maximum absolute atomic E-state index is 12.1. The molecular formula is C15H21NO4S. The summed E-state index contributed by atoms with van der Waals surface area (Å²) in [4.78, 5) is 24.9. The minimum atomic E-state index is -1.12. The Labute approximate surface area is 128 Å². The number of aryl methyl sites for hydroxylation is 2. The zero-order valence-electron chi connectivity index (χ0n) is 12.3. The van der Waals surface area contributed by atoms with Crippen molar-refractivity contribution in [2.45, 2.75) is 32.7 Å². The van der Waals surface area contributed by atoms with E-state index in [1.807, 2.05) is 13.0 Å². The van der Waals surface area contributed by atoms with Crippen LogP contribution < -0.4 is 5.32 Å². The van der Waals surface area contributed by atoms with Crippen LogP contribution >= 0.6 is 11.3 Å². The van der Waals surface area contributed by atoms with Crippen molar-refractivity contribution in [3.8, 4) is 0 Å². The largest absolute Gasteiger partial charge is 0.480 e. The first-order chi connectivity index (χ1) is 9.99. The summed E-state index contributed by atoms with van der Waals surface area (Å²) in [6.07, 6.45) is 3.45. The van der Waals surface area contributed by atoms with Crippen LogP contribution in [0.3, 0.4) is 0 Å². The molecule has 1 aromatic rings. The first kappa shape index (κ1) is 17.4. The summed E-state index contributed by atoms with van der Waals surface area (Å²) in [5.74, 6) is -1.49. The molecule has 5 nitrogen and oxygen atoms in total. The molecule has 116 valence electrons. The minimum Gasteiger partial charge on any atom is -0.480 e. The minimum absolute atomic E-state index is 0.0841. The predicted molar refractivity (Wildman–Crippen MR) is 83.0 cm³/mol. The lowest BCUT2D eigenvalue weighted by atomic mass is 10.1. The van der Waals surface area contributed by atoms with Gasteiger partial charge in [-0.1, -0.05) is 19.4 Å². The average molecular weight is 311 g/mol. The summed E-state index contributed by atoms with van der Waals surface area (Å²) in [5.41, 5.74) is 1.14. The molecule has 0 bridgehead atoms. The second-order valence-corrected chi connectivity index (χ2v) is 5.89. The Morgan fingerprint density at radius 1 is 1.57 bits per heavy atom. The number of thiophene rings is 1. The zero-order chi connectivity index (χ0) is 15.8. The molecule has 0 aromatic carbocycles. The number of ether oxygens (including phenoxy) is 1. The molecule has 0 spiro atoms. The van der Waals surface area contributed by atoms with E-state index in [9.17, 15) is 9.59 Å². The van der Waals surface area contributed by atoms with Gasteiger partial charge >= 0.3 is 5.97 Å². The smallest absolute Gasteiger partial charge is 0.328 e. The Kier molecular flexibility index (Phi) is 7.11. The van der Waals surface area contributed by atoms with E-state index in [0.29, 0.717) is 4.88 Å². The predicted octanol–water partition coefficient (Wildman–Crippen LogP) is 2.39. The summed E-state index contributed by atoms with van der Waals surface area (Å²) in [6.45, 7) is 7.69. The molecule has 1 atom stereocenters. The number of nitrogens with one attached hydrogen (secondary N) is 1. The van der Waals surface area contributed by atoms with Gasteiger partial charge in [-0.2, -0.15) is 0 Å². The number of hydrogen-bond donors (Lipinski definition) is 2. The van der Waals surface area contributed by atoms with E-state index in [1.54, 1.807) is 0 Å². The van der Waals surface area contributed by atoms with Gasteiger partial charge in [0.1, 0.15) is 0 Å². The number of carboxylic acids is 1. The van der Waals surface area contributed by atoms with E-state index < -0.39 is 12.0 Å². The first-order valence-electron chi connectivity index (χ1n) is 6.81. The van der Waals surface area contributed by atoms with Gasteiger partial charge in [-0.05, 0) is 25.0 Å². The highest BCUT2D eigenvalue weighted by atomic mass is 32.1. The van der Waals surface area contributed by atoms with E-state index in [-0.39, 0.29) is 19.1 Å². The van der Waals surface area contributed by atoms with E-state index in [4.69, 9.17) is 9.84 Å². The zero-order valence-corrected chi connectivity index (χ0v) is 13.2. The fraction of sp³-hybridized carbons (Fsp3) is 0.467. The second kappa shape index (κ2) is 8.59. The lowest BCUT2D eigenvalue weighted by Crippen LogP contribution is -2.43. The number of amides is 1. The van der Waals surface area contributed by atoms with Crippen molar-refractivity contribution < 1.29 is 19.4 Å². The quantitative estimate of drug-likeness (QED) is 0.542. The van der Waals surface area contributed by atoms with Crippen molar-refractivity contribution in [3.05, 3.63) is 34.0 Å². The van der Waals surface area contributed by atoms with Crippen LogP contribution in [0.1, 0.15) is 33.5 Å². The van der Waals surface area contributed by atoms with Crippen molar-refractivity contribution in [1.82, 2.24) is 5.32 Å². The van der Waals surface area contributed by atoms with E-state index in [1.165, 1.54) is 17.4 Å². The summed E-state index contributed by atoms with van der Waals surface area (Å²) >= 11 is 1.38. The average Bonchev–Trinajstić information content (AvgIpc) is 2.79. The fourth-order valence-electron chi connectivity index (χ4n) is 1.82. The molecule has 1 amide bonds. The van der Waals surface area contributed by atoms with Crippen molar-refractivity contribution in [1.29, 1.82) is 0 Å². The van der Waals surface area contributed by atoms with Crippen LogP contribution in [0, 0.1) is 6.92 Å². The molecule has 1 heterocycles. The van der Waals surface area contributed by atoms with Gasteiger partial charge in [0.2, 0.25) is 0 Å². The van der Waals surface area contributed by atoms with Crippen LogP contribution in [-0.2, 0) is 16.0 Å². The molecule has 0 aliphatic heterocycles. The van der Waals surface area contributed by atoms with Crippen LogP contribution in [0.15, 0.2) is 18.7 Å². The van der Waals surface area contributed by atoms with Gasteiger partial charge in [0.25, 0.3) is 5.91 Å². The highest BCUT2D eigenvalue weighted by Crippen LogP contribution is 2.22. The number of carbonyl (C=O) groups excluding carboxylic acids is 1. The van der Waals surface area contributed by atoms with E-state index >= 15 is 0 Å². The number of aliphatic carboxylic acids is 1. The molecule has 21 heavy (non-hydrogen) atoms. The van der Waals surface area contributed by atoms with E-state index in [0.717, 1.165) is 23.3 Å².